The molecule has 0 saturated carbocycles. The predicted octanol–water partition coefficient (Wildman–Crippen LogP) is 2.58. The maximum atomic E-state index is 5.70. The standard InChI is InChI=1S/C17H28N2O/c1-4-10-18-16-9-11-20-13-17(16)19(3)12-15-8-6-5-7-14(15)2/h5-8,16-18H,4,9-13H2,1-3H3. The van der Waals surface area contributed by atoms with Crippen molar-refractivity contribution >= 4 is 0 Å². The van der Waals surface area contributed by atoms with Gasteiger partial charge in [0.2, 0.25) is 0 Å². The molecule has 1 aliphatic rings. The van der Waals surface area contributed by atoms with Gasteiger partial charge in [-0.15, -0.1) is 0 Å². The van der Waals surface area contributed by atoms with Crippen molar-refractivity contribution in [2.45, 2.75) is 45.3 Å². The Labute approximate surface area is 123 Å². The van der Waals surface area contributed by atoms with E-state index in [0.717, 1.165) is 32.7 Å². The minimum absolute atomic E-state index is 0.468. The highest BCUT2D eigenvalue weighted by Gasteiger charge is 2.28. The van der Waals surface area contributed by atoms with Gasteiger partial charge in [0.25, 0.3) is 0 Å². The highest BCUT2D eigenvalue weighted by atomic mass is 16.5. The lowest BCUT2D eigenvalue weighted by Gasteiger charge is -2.38. The quantitative estimate of drug-likeness (QED) is 0.864. The fraction of sp³-hybridized carbons (Fsp3) is 0.647. The van der Waals surface area contributed by atoms with Crippen LogP contribution in [0.2, 0.25) is 0 Å². The number of benzene rings is 1. The maximum absolute atomic E-state index is 5.70. The third-order valence-corrected chi connectivity index (χ3v) is 4.23. The van der Waals surface area contributed by atoms with E-state index in [1.165, 1.54) is 17.5 Å². The average molecular weight is 276 g/mol. The zero-order valence-corrected chi connectivity index (χ0v) is 13.1. The first-order valence-electron chi connectivity index (χ1n) is 7.78. The molecule has 0 aromatic heterocycles. The van der Waals surface area contributed by atoms with Gasteiger partial charge < -0.3 is 10.1 Å². The molecule has 112 valence electrons. The maximum Gasteiger partial charge on any atom is 0.0637 e. The Hall–Kier alpha value is -0.900. The summed E-state index contributed by atoms with van der Waals surface area (Å²) in [6.07, 6.45) is 2.30. The summed E-state index contributed by atoms with van der Waals surface area (Å²) in [5, 5.41) is 3.68. The number of nitrogens with one attached hydrogen (secondary N) is 1. The molecule has 2 atom stereocenters. The van der Waals surface area contributed by atoms with E-state index in [0.29, 0.717) is 12.1 Å². The van der Waals surface area contributed by atoms with E-state index >= 15 is 0 Å². The molecule has 3 heteroatoms. The topological polar surface area (TPSA) is 24.5 Å². The third-order valence-electron chi connectivity index (χ3n) is 4.23. The molecular formula is C17H28N2O. The van der Waals surface area contributed by atoms with Crippen molar-refractivity contribution in [2.24, 2.45) is 0 Å². The second kappa shape index (κ2) is 7.77. The lowest BCUT2D eigenvalue weighted by atomic mass is 10.0. The van der Waals surface area contributed by atoms with Crippen molar-refractivity contribution in [3.8, 4) is 0 Å². The monoisotopic (exact) mass is 276 g/mol. The van der Waals surface area contributed by atoms with E-state index in [-0.39, 0.29) is 0 Å². The Morgan fingerprint density at radius 3 is 2.90 bits per heavy atom. The average Bonchev–Trinajstić information content (AvgIpc) is 2.47. The molecule has 1 aromatic rings. The number of likely N-dealkylation sites (N-methyl/N-ethyl adjacent to an activating group) is 1. The van der Waals surface area contributed by atoms with Gasteiger partial charge in [-0.2, -0.15) is 0 Å². The summed E-state index contributed by atoms with van der Waals surface area (Å²) >= 11 is 0. The van der Waals surface area contributed by atoms with Crippen LogP contribution in [-0.2, 0) is 11.3 Å². The summed E-state index contributed by atoms with van der Waals surface area (Å²) in [5.74, 6) is 0. The number of aryl methyl sites for hydroxylation is 1. The van der Waals surface area contributed by atoms with Crippen LogP contribution in [0.4, 0.5) is 0 Å². The zero-order valence-electron chi connectivity index (χ0n) is 13.1. The van der Waals surface area contributed by atoms with Gasteiger partial charge in [0.1, 0.15) is 0 Å². The molecule has 1 fully saturated rings. The normalized spacial score (nSPS) is 23.2. The summed E-state index contributed by atoms with van der Waals surface area (Å²) < 4.78 is 5.70. The van der Waals surface area contributed by atoms with Crippen LogP contribution >= 0.6 is 0 Å². The van der Waals surface area contributed by atoms with Crippen molar-refractivity contribution < 1.29 is 4.74 Å². The van der Waals surface area contributed by atoms with Crippen molar-refractivity contribution in [1.29, 1.82) is 0 Å². The fourth-order valence-corrected chi connectivity index (χ4v) is 2.90. The van der Waals surface area contributed by atoms with Crippen LogP contribution in [0.15, 0.2) is 24.3 Å². The Bertz CT molecular complexity index is 408. The minimum atomic E-state index is 0.468. The minimum Gasteiger partial charge on any atom is -0.380 e. The number of ether oxygens (including phenoxy) is 1. The molecule has 0 radical (unpaired) electrons. The lowest BCUT2D eigenvalue weighted by Crippen LogP contribution is -2.54. The van der Waals surface area contributed by atoms with Gasteiger partial charge in [0.15, 0.2) is 0 Å². The summed E-state index contributed by atoms with van der Waals surface area (Å²) in [5.41, 5.74) is 2.78. The van der Waals surface area contributed by atoms with Crippen LogP contribution < -0.4 is 5.32 Å². The second-order valence-electron chi connectivity index (χ2n) is 5.83. The lowest BCUT2D eigenvalue weighted by molar-refractivity contribution is 0.00345. The van der Waals surface area contributed by atoms with Crippen molar-refractivity contribution in [3.63, 3.8) is 0 Å². The van der Waals surface area contributed by atoms with Crippen LogP contribution in [-0.4, -0.2) is 43.8 Å². The zero-order chi connectivity index (χ0) is 14.4. The van der Waals surface area contributed by atoms with Crippen molar-refractivity contribution in [2.75, 3.05) is 26.8 Å². The summed E-state index contributed by atoms with van der Waals surface area (Å²) in [7, 11) is 2.21. The van der Waals surface area contributed by atoms with Crippen LogP contribution in [0, 0.1) is 6.92 Å². The first kappa shape index (κ1) is 15.5. The van der Waals surface area contributed by atoms with Crippen molar-refractivity contribution in [3.05, 3.63) is 35.4 Å². The van der Waals surface area contributed by atoms with E-state index in [9.17, 15) is 0 Å². The summed E-state index contributed by atoms with van der Waals surface area (Å²) in [6, 6.07) is 9.67. The van der Waals surface area contributed by atoms with Gasteiger partial charge in [-0.1, -0.05) is 31.2 Å². The first-order valence-corrected chi connectivity index (χ1v) is 7.78. The Kier molecular flexibility index (Phi) is 6.02. The fourth-order valence-electron chi connectivity index (χ4n) is 2.90. The number of nitrogens with zero attached hydrogens (tertiary/aromatic N) is 1. The van der Waals surface area contributed by atoms with Gasteiger partial charge in [-0.25, -0.2) is 0 Å². The van der Waals surface area contributed by atoms with Crippen LogP contribution in [0.25, 0.3) is 0 Å². The third kappa shape index (κ3) is 4.05. The smallest absolute Gasteiger partial charge is 0.0637 e. The molecule has 20 heavy (non-hydrogen) atoms. The molecule has 1 aliphatic heterocycles. The molecule has 3 nitrogen and oxygen atoms in total. The predicted molar refractivity (Wildman–Crippen MR) is 84.0 cm³/mol. The van der Waals surface area contributed by atoms with E-state index in [1.54, 1.807) is 0 Å². The molecule has 2 rings (SSSR count). The molecule has 0 spiro atoms. The Morgan fingerprint density at radius 1 is 1.35 bits per heavy atom. The van der Waals surface area contributed by atoms with E-state index in [4.69, 9.17) is 4.74 Å². The first-order chi connectivity index (χ1) is 9.72. The largest absolute Gasteiger partial charge is 0.380 e. The molecule has 0 aliphatic carbocycles. The molecule has 1 N–H and O–H groups in total. The summed E-state index contributed by atoms with van der Waals surface area (Å²) in [6.45, 7) is 8.22. The van der Waals surface area contributed by atoms with Crippen LogP contribution in [0.3, 0.4) is 0 Å². The molecule has 2 unspecified atom stereocenters. The molecule has 1 saturated heterocycles. The molecule has 1 heterocycles. The molecule has 0 bridgehead atoms. The molecule has 1 aromatic carbocycles. The number of hydrogen-bond donors (Lipinski definition) is 1. The summed E-state index contributed by atoms with van der Waals surface area (Å²) in [4.78, 5) is 2.44. The van der Waals surface area contributed by atoms with Gasteiger partial charge in [-0.05, 0) is 44.5 Å². The van der Waals surface area contributed by atoms with E-state index < -0.39 is 0 Å². The number of rotatable bonds is 6. The molecule has 0 amide bonds. The highest BCUT2D eigenvalue weighted by Crippen LogP contribution is 2.17. The van der Waals surface area contributed by atoms with Crippen LogP contribution in [0.5, 0.6) is 0 Å². The van der Waals surface area contributed by atoms with Crippen LogP contribution in [0.1, 0.15) is 30.9 Å². The second-order valence-corrected chi connectivity index (χ2v) is 5.83. The van der Waals surface area contributed by atoms with Crippen molar-refractivity contribution in [1.82, 2.24) is 10.2 Å². The highest BCUT2D eigenvalue weighted by molar-refractivity contribution is 5.25. The Balaban J connectivity index is 1.98. The van der Waals surface area contributed by atoms with E-state index in [1.807, 2.05) is 0 Å². The van der Waals surface area contributed by atoms with Gasteiger partial charge in [0.05, 0.1) is 6.61 Å². The Morgan fingerprint density at radius 2 is 2.15 bits per heavy atom. The van der Waals surface area contributed by atoms with E-state index in [2.05, 4.69) is 55.4 Å². The SMILES string of the molecule is CCCNC1CCOCC1N(C)Cc1ccccc1C. The van der Waals surface area contributed by atoms with Gasteiger partial charge in [0, 0.05) is 25.2 Å². The van der Waals surface area contributed by atoms with Gasteiger partial charge in [-0.3, -0.25) is 4.90 Å². The number of hydrogen-bond acceptors (Lipinski definition) is 3. The molecular weight excluding hydrogens is 248 g/mol. The van der Waals surface area contributed by atoms with Gasteiger partial charge >= 0.3 is 0 Å².